The zero-order valence-corrected chi connectivity index (χ0v) is 14.5. The van der Waals surface area contributed by atoms with Gasteiger partial charge in [0.15, 0.2) is 11.6 Å². The van der Waals surface area contributed by atoms with E-state index >= 15 is 0 Å². The van der Waals surface area contributed by atoms with Crippen LogP contribution in [0.2, 0.25) is 0 Å². The fourth-order valence-electron chi connectivity index (χ4n) is 3.94. The van der Waals surface area contributed by atoms with Crippen LogP contribution in [0.25, 0.3) is 11.0 Å². The summed E-state index contributed by atoms with van der Waals surface area (Å²) in [5, 5.41) is 32.5. The van der Waals surface area contributed by atoms with E-state index in [1.54, 1.807) is 10.8 Å². The van der Waals surface area contributed by atoms with Crippen molar-refractivity contribution in [3.05, 3.63) is 59.7 Å². The van der Waals surface area contributed by atoms with Crippen LogP contribution in [0.4, 0.5) is 8.78 Å². The molecule has 0 amide bonds. The van der Waals surface area contributed by atoms with Crippen LogP contribution in [-0.2, 0) is 0 Å². The van der Waals surface area contributed by atoms with E-state index < -0.39 is 41.9 Å². The molecule has 2 aromatic heterocycles. The molecule has 3 N–H and O–H groups in total. The summed E-state index contributed by atoms with van der Waals surface area (Å²) in [5.41, 5.74) is 1.58. The molecular formula is C19H19F2N3O3. The Hall–Kier alpha value is -2.42. The van der Waals surface area contributed by atoms with Gasteiger partial charge in [-0.15, -0.1) is 0 Å². The van der Waals surface area contributed by atoms with E-state index in [-0.39, 0.29) is 12.0 Å². The third-order valence-electron chi connectivity index (χ3n) is 5.45. The number of fused-ring (bicyclic) bond motifs is 1. The highest BCUT2D eigenvalue weighted by Gasteiger charge is 2.46. The molecule has 6 nitrogen and oxygen atoms in total. The summed E-state index contributed by atoms with van der Waals surface area (Å²) in [6.07, 6.45) is -0.166. The van der Waals surface area contributed by atoms with Crippen molar-refractivity contribution in [2.24, 2.45) is 5.92 Å². The van der Waals surface area contributed by atoms with Gasteiger partial charge in [0.2, 0.25) is 0 Å². The number of nitrogens with zero attached hydrogens (tertiary/aromatic N) is 3. The number of benzene rings is 1. The van der Waals surface area contributed by atoms with Gasteiger partial charge in [-0.3, -0.25) is 0 Å². The largest absolute Gasteiger partial charge is 0.390 e. The first-order chi connectivity index (χ1) is 12.9. The molecule has 0 radical (unpaired) electrons. The fourth-order valence-corrected chi connectivity index (χ4v) is 3.94. The summed E-state index contributed by atoms with van der Waals surface area (Å²) in [4.78, 5) is 8.40. The Morgan fingerprint density at radius 3 is 2.63 bits per heavy atom. The van der Waals surface area contributed by atoms with Crippen molar-refractivity contribution in [1.82, 2.24) is 14.5 Å². The number of aromatic nitrogens is 3. The van der Waals surface area contributed by atoms with Gasteiger partial charge in [-0.1, -0.05) is 6.07 Å². The molecule has 0 spiro atoms. The number of hydrogen-bond donors (Lipinski definition) is 3. The highest BCUT2D eigenvalue weighted by Crippen LogP contribution is 2.43. The van der Waals surface area contributed by atoms with E-state index in [0.717, 1.165) is 23.2 Å². The maximum atomic E-state index is 13.5. The van der Waals surface area contributed by atoms with Crippen LogP contribution in [0.3, 0.4) is 0 Å². The summed E-state index contributed by atoms with van der Waals surface area (Å²) in [7, 11) is 0. The highest BCUT2D eigenvalue weighted by atomic mass is 19.2. The van der Waals surface area contributed by atoms with E-state index in [1.165, 1.54) is 12.4 Å². The van der Waals surface area contributed by atoms with Crippen LogP contribution < -0.4 is 0 Å². The van der Waals surface area contributed by atoms with Crippen molar-refractivity contribution in [2.75, 3.05) is 0 Å². The van der Waals surface area contributed by atoms with E-state index in [4.69, 9.17) is 0 Å². The molecule has 1 aliphatic rings. The first-order valence-corrected chi connectivity index (χ1v) is 8.65. The summed E-state index contributed by atoms with van der Waals surface area (Å²) in [6, 6.07) is 4.44. The topological polar surface area (TPSA) is 91.4 Å². The lowest BCUT2D eigenvalue weighted by molar-refractivity contribution is -0.0265. The monoisotopic (exact) mass is 375 g/mol. The molecule has 0 aliphatic heterocycles. The zero-order chi connectivity index (χ0) is 19.3. The van der Waals surface area contributed by atoms with Gasteiger partial charge in [-0.25, -0.2) is 18.7 Å². The molecule has 5 atom stereocenters. The number of hydrogen-bond acceptors (Lipinski definition) is 5. The molecule has 27 heavy (non-hydrogen) atoms. The van der Waals surface area contributed by atoms with Crippen molar-refractivity contribution in [3.63, 3.8) is 0 Å². The van der Waals surface area contributed by atoms with Crippen molar-refractivity contribution >= 4 is 11.0 Å². The van der Waals surface area contributed by atoms with Crippen LogP contribution in [0.5, 0.6) is 0 Å². The molecule has 1 aromatic carbocycles. The molecule has 3 aromatic rings. The fraction of sp³-hybridized carbons (Fsp3) is 0.368. The average molecular weight is 375 g/mol. The number of aliphatic hydroxyl groups is 3. The maximum absolute atomic E-state index is 13.5. The van der Waals surface area contributed by atoms with Crippen molar-refractivity contribution in [2.45, 2.75) is 37.7 Å². The SMILES string of the molecule is Cc1ncnc2c1ccn2[C@@H]1CC([C@@H](O)c2ccc(F)c(F)c2)[C@@H](O)[C@H]1O. The molecule has 8 heteroatoms. The maximum Gasteiger partial charge on any atom is 0.159 e. The van der Waals surface area contributed by atoms with Crippen LogP contribution in [0.15, 0.2) is 36.8 Å². The smallest absolute Gasteiger partial charge is 0.159 e. The van der Waals surface area contributed by atoms with E-state index in [9.17, 15) is 24.1 Å². The average Bonchev–Trinajstić information content (AvgIpc) is 3.20. The van der Waals surface area contributed by atoms with Gasteiger partial charge >= 0.3 is 0 Å². The van der Waals surface area contributed by atoms with Crippen LogP contribution in [0.1, 0.15) is 29.8 Å². The predicted molar refractivity (Wildman–Crippen MR) is 92.7 cm³/mol. The Morgan fingerprint density at radius 1 is 1.11 bits per heavy atom. The first-order valence-electron chi connectivity index (χ1n) is 8.65. The van der Waals surface area contributed by atoms with E-state index in [1.807, 2.05) is 13.0 Å². The molecule has 1 saturated carbocycles. The minimum atomic E-state index is -1.24. The quantitative estimate of drug-likeness (QED) is 0.652. The predicted octanol–water partition coefficient (Wildman–Crippen LogP) is 2.03. The molecule has 1 fully saturated rings. The van der Waals surface area contributed by atoms with Crippen molar-refractivity contribution in [1.29, 1.82) is 0 Å². The van der Waals surface area contributed by atoms with Crippen molar-refractivity contribution in [3.8, 4) is 0 Å². The second-order valence-electron chi connectivity index (χ2n) is 6.99. The standard InChI is InChI=1S/C19H19F2N3O3/c1-9-11-4-5-24(19(11)23-8-22-9)15-7-12(17(26)18(15)27)16(25)10-2-3-13(20)14(21)6-10/h2-6,8,12,15-18,25-27H,7H2,1H3/t12?,15-,16+,17-,18+/m1/s1. The third-order valence-corrected chi connectivity index (χ3v) is 5.45. The Balaban J connectivity index is 1.66. The second-order valence-corrected chi connectivity index (χ2v) is 6.99. The molecule has 0 bridgehead atoms. The summed E-state index contributed by atoms with van der Waals surface area (Å²) < 4.78 is 28.4. The lowest BCUT2D eigenvalue weighted by Gasteiger charge is -2.22. The number of aryl methyl sites for hydroxylation is 1. The first kappa shape index (κ1) is 18.0. The van der Waals surface area contributed by atoms with E-state index in [2.05, 4.69) is 9.97 Å². The van der Waals surface area contributed by atoms with Gasteiger partial charge in [0.05, 0.1) is 23.9 Å². The Bertz CT molecular complexity index is 993. The van der Waals surface area contributed by atoms with Crippen LogP contribution in [0, 0.1) is 24.5 Å². The number of aliphatic hydroxyl groups excluding tert-OH is 3. The Morgan fingerprint density at radius 2 is 1.89 bits per heavy atom. The van der Waals surface area contributed by atoms with E-state index in [0.29, 0.717) is 5.65 Å². The molecule has 1 aliphatic carbocycles. The number of rotatable bonds is 3. The van der Waals surface area contributed by atoms with Gasteiger partial charge < -0.3 is 19.9 Å². The normalized spacial score (nSPS) is 26.6. The third kappa shape index (κ3) is 2.90. The van der Waals surface area contributed by atoms with Gasteiger partial charge in [0.25, 0.3) is 0 Å². The minimum Gasteiger partial charge on any atom is -0.390 e. The summed E-state index contributed by atoms with van der Waals surface area (Å²) >= 11 is 0. The molecule has 0 saturated heterocycles. The number of halogens is 2. The highest BCUT2D eigenvalue weighted by molar-refractivity contribution is 5.78. The molecule has 1 unspecified atom stereocenters. The van der Waals surface area contributed by atoms with Gasteiger partial charge in [-0.05, 0) is 37.1 Å². The zero-order valence-electron chi connectivity index (χ0n) is 14.5. The Labute approximate surface area is 153 Å². The lowest BCUT2D eigenvalue weighted by atomic mass is 9.92. The van der Waals surface area contributed by atoms with Crippen molar-refractivity contribution < 1.29 is 24.1 Å². The Kier molecular flexibility index (Phi) is 4.41. The van der Waals surface area contributed by atoms with Gasteiger partial charge in [0.1, 0.15) is 18.1 Å². The molecular weight excluding hydrogens is 356 g/mol. The lowest BCUT2D eigenvalue weighted by Crippen LogP contribution is -2.31. The molecule has 142 valence electrons. The summed E-state index contributed by atoms with van der Waals surface area (Å²) in [6.45, 7) is 1.85. The molecule has 2 heterocycles. The molecule has 4 rings (SSSR count). The second kappa shape index (κ2) is 6.63. The summed E-state index contributed by atoms with van der Waals surface area (Å²) in [5.74, 6) is -2.82. The van der Waals surface area contributed by atoms with Crippen LogP contribution >= 0.6 is 0 Å². The van der Waals surface area contributed by atoms with Gasteiger partial charge in [-0.2, -0.15) is 0 Å². The van der Waals surface area contributed by atoms with Crippen LogP contribution in [-0.4, -0.2) is 42.1 Å². The van der Waals surface area contributed by atoms with Gasteiger partial charge in [0, 0.05) is 17.5 Å². The minimum absolute atomic E-state index is 0.154.